The van der Waals surface area contributed by atoms with E-state index in [2.05, 4.69) is 5.32 Å². The molecule has 7 heteroatoms. The van der Waals surface area contributed by atoms with Gasteiger partial charge < -0.3 is 10.1 Å². The molecular weight excluding hydrogens is 412 g/mol. The Balaban J connectivity index is 1.93. The number of sulfonamides is 1. The first-order valence-corrected chi connectivity index (χ1v) is 11.3. The van der Waals surface area contributed by atoms with E-state index in [1.807, 2.05) is 37.3 Å². The molecule has 0 radical (unpaired) electrons. The number of carbonyl (C=O) groups excluding carboxylic acids is 1. The Morgan fingerprint density at radius 3 is 2.32 bits per heavy atom. The normalized spacial score (nSPS) is 14.7. The molecule has 0 fully saturated rings. The lowest BCUT2D eigenvalue weighted by atomic mass is 9.95. The lowest BCUT2D eigenvalue weighted by molar-refractivity contribution is -0.112. The van der Waals surface area contributed by atoms with E-state index in [1.54, 1.807) is 48.5 Å². The molecule has 0 spiro atoms. The van der Waals surface area contributed by atoms with Gasteiger partial charge in [0, 0.05) is 18.2 Å². The molecule has 0 atom stereocenters. The fraction of sp³-hybridized carbons (Fsp3) is 0.125. The fourth-order valence-corrected chi connectivity index (χ4v) is 5.09. The summed E-state index contributed by atoms with van der Waals surface area (Å²) in [5, 5.41) is 2.74. The summed E-state index contributed by atoms with van der Waals surface area (Å²) in [6.07, 6.45) is 0. The van der Waals surface area contributed by atoms with Crippen molar-refractivity contribution in [1.29, 1.82) is 0 Å². The number of anilines is 2. The second-order valence-corrected chi connectivity index (χ2v) is 8.85. The molecule has 0 saturated heterocycles. The molecule has 0 unspecified atom stereocenters. The van der Waals surface area contributed by atoms with Crippen molar-refractivity contribution in [2.45, 2.75) is 6.92 Å². The number of para-hydroxylation sites is 3. The van der Waals surface area contributed by atoms with Gasteiger partial charge in [0.25, 0.3) is 15.9 Å². The number of hydrogen-bond acceptors (Lipinski definition) is 4. The van der Waals surface area contributed by atoms with Crippen LogP contribution in [0, 0.1) is 0 Å². The minimum atomic E-state index is -4.10. The SMILES string of the molecule is CCOc1ccccc1NC(=O)C1=C(c2ccccc2)c2ccccc2N(C)S1(=O)=O. The van der Waals surface area contributed by atoms with E-state index in [9.17, 15) is 13.2 Å². The van der Waals surface area contributed by atoms with Crippen LogP contribution in [0.25, 0.3) is 5.57 Å². The van der Waals surface area contributed by atoms with E-state index >= 15 is 0 Å². The molecule has 3 aromatic rings. The number of nitrogens with one attached hydrogen (secondary N) is 1. The predicted molar refractivity (Wildman–Crippen MR) is 122 cm³/mol. The van der Waals surface area contributed by atoms with Crippen LogP contribution in [0.2, 0.25) is 0 Å². The summed E-state index contributed by atoms with van der Waals surface area (Å²) in [5.74, 6) is -0.241. The van der Waals surface area contributed by atoms with E-state index in [4.69, 9.17) is 4.74 Å². The zero-order chi connectivity index (χ0) is 22.0. The van der Waals surface area contributed by atoms with Crippen LogP contribution < -0.4 is 14.4 Å². The number of ether oxygens (including phenoxy) is 1. The monoisotopic (exact) mass is 434 g/mol. The van der Waals surface area contributed by atoms with Crippen LogP contribution >= 0.6 is 0 Å². The molecule has 0 bridgehead atoms. The highest BCUT2D eigenvalue weighted by Crippen LogP contribution is 2.42. The highest BCUT2D eigenvalue weighted by Gasteiger charge is 2.39. The van der Waals surface area contributed by atoms with Gasteiger partial charge in [-0.15, -0.1) is 0 Å². The first-order valence-electron chi connectivity index (χ1n) is 9.86. The maximum absolute atomic E-state index is 13.5. The Bertz CT molecular complexity index is 1270. The van der Waals surface area contributed by atoms with E-state index in [-0.39, 0.29) is 4.91 Å². The van der Waals surface area contributed by atoms with E-state index < -0.39 is 15.9 Å². The second kappa shape index (κ2) is 8.28. The van der Waals surface area contributed by atoms with Crippen molar-refractivity contribution in [3.8, 4) is 5.75 Å². The molecule has 0 saturated carbocycles. The number of fused-ring (bicyclic) bond motifs is 1. The van der Waals surface area contributed by atoms with Crippen molar-refractivity contribution in [1.82, 2.24) is 0 Å². The molecule has 158 valence electrons. The average molecular weight is 435 g/mol. The van der Waals surface area contributed by atoms with Crippen molar-refractivity contribution in [2.75, 3.05) is 23.3 Å². The summed E-state index contributed by atoms with van der Waals surface area (Å²) in [6, 6.07) is 23.2. The largest absolute Gasteiger partial charge is 0.492 e. The van der Waals surface area contributed by atoms with E-state index in [0.717, 1.165) is 4.31 Å². The summed E-state index contributed by atoms with van der Waals surface area (Å²) in [6.45, 7) is 2.26. The van der Waals surface area contributed by atoms with Crippen molar-refractivity contribution in [3.63, 3.8) is 0 Å². The van der Waals surface area contributed by atoms with Crippen molar-refractivity contribution in [3.05, 3.63) is 94.9 Å². The number of amides is 1. The lowest BCUT2D eigenvalue weighted by Crippen LogP contribution is -2.37. The molecule has 0 aliphatic carbocycles. The smallest absolute Gasteiger partial charge is 0.270 e. The number of benzene rings is 3. The first-order chi connectivity index (χ1) is 14.9. The number of carbonyl (C=O) groups is 1. The topological polar surface area (TPSA) is 75.7 Å². The Morgan fingerprint density at radius 2 is 1.58 bits per heavy atom. The predicted octanol–water partition coefficient (Wildman–Crippen LogP) is 4.26. The number of hydrogen-bond donors (Lipinski definition) is 1. The number of rotatable bonds is 5. The van der Waals surface area contributed by atoms with Crippen LogP contribution in [0.15, 0.2) is 83.8 Å². The molecule has 1 aliphatic rings. The minimum absolute atomic E-state index is 0.300. The van der Waals surface area contributed by atoms with Gasteiger partial charge in [0.1, 0.15) is 5.75 Å². The van der Waals surface area contributed by atoms with Gasteiger partial charge in [-0.25, -0.2) is 8.42 Å². The van der Waals surface area contributed by atoms with Crippen LogP contribution in [0.5, 0.6) is 5.75 Å². The van der Waals surface area contributed by atoms with Crippen LogP contribution in [0.1, 0.15) is 18.1 Å². The highest BCUT2D eigenvalue weighted by atomic mass is 32.2. The molecule has 3 aromatic carbocycles. The average Bonchev–Trinajstić information content (AvgIpc) is 2.78. The maximum atomic E-state index is 13.5. The zero-order valence-corrected chi connectivity index (χ0v) is 18.0. The Morgan fingerprint density at radius 1 is 0.935 bits per heavy atom. The third-order valence-corrected chi connectivity index (χ3v) is 6.89. The van der Waals surface area contributed by atoms with Crippen molar-refractivity contribution in [2.24, 2.45) is 0 Å². The zero-order valence-electron chi connectivity index (χ0n) is 17.2. The second-order valence-electron chi connectivity index (χ2n) is 6.94. The lowest BCUT2D eigenvalue weighted by Gasteiger charge is -2.31. The Kier molecular flexibility index (Phi) is 5.52. The third kappa shape index (κ3) is 3.68. The molecule has 6 nitrogen and oxygen atoms in total. The quantitative estimate of drug-likeness (QED) is 0.651. The van der Waals surface area contributed by atoms with Gasteiger partial charge in [-0.05, 0) is 30.7 Å². The minimum Gasteiger partial charge on any atom is -0.492 e. The summed E-state index contributed by atoms with van der Waals surface area (Å²) < 4.78 is 33.7. The first kappa shape index (κ1) is 20.7. The summed E-state index contributed by atoms with van der Waals surface area (Å²) >= 11 is 0. The van der Waals surface area contributed by atoms with Gasteiger partial charge in [-0.2, -0.15) is 0 Å². The van der Waals surface area contributed by atoms with Gasteiger partial charge in [0.05, 0.1) is 18.0 Å². The summed E-state index contributed by atoms with van der Waals surface area (Å²) in [4.78, 5) is 13.1. The van der Waals surface area contributed by atoms with Gasteiger partial charge in [-0.3, -0.25) is 9.10 Å². The Labute approximate surface area is 181 Å². The van der Waals surface area contributed by atoms with Gasteiger partial charge >= 0.3 is 0 Å². The molecule has 1 heterocycles. The molecule has 1 N–H and O–H groups in total. The van der Waals surface area contributed by atoms with Gasteiger partial charge in [0.15, 0.2) is 4.91 Å². The molecule has 0 aromatic heterocycles. The van der Waals surface area contributed by atoms with Crippen LogP contribution in [-0.4, -0.2) is 28.0 Å². The van der Waals surface area contributed by atoms with Gasteiger partial charge in [0.2, 0.25) is 0 Å². The van der Waals surface area contributed by atoms with Crippen LogP contribution in [-0.2, 0) is 14.8 Å². The number of nitrogens with zero attached hydrogens (tertiary/aromatic N) is 1. The van der Waals surface area contributed by atoms with Gasteiger partial charge in [-0.1, -0.05) is 60.7 Å². The van der Waals surface area contributed by atoms with Crippen LogP contribution in [0.4, 0.5) is 11.4 Å². The Hall–Kier alpha value is -3.58. The summed E-state index contributed by atoms with van der Waals surface area (Å²) in [7, 11) is -2.64. The third-order valence-electron chi connectivity index (χ3n) is 5.06. The van der Waals surface area contributed by atoms with E-state index in [1.165, 1.54) is 7.05 Å². The molecule has 4 rings (SSSR count). The molecule has 31 heavy (non-hydrogen) atoms. The molecule has 1 amide bonds. The fourth-order valence-electron chi connectivity index (χ4n) is 3.63. The molecule has 1 aliphatic heterocycles. The standard InChI is InChI=1S/C24H22N2O4S/c1-3-30-21-16-10-8-14-19(21)25-24(27)23-22(17-11-5-4-6-12-17)18-13-7-9-15-20(18)26(2)31(23,28)29/h4-16H,3H2,1-2H3,(H,25,27). The van der Waals surface area contributed by atoms with Crippen molar-refractivity contribution >= 4 is 32.9 Å². The molecular formula is C24H22N2O4S. The maximum Gasteiger partial charge on any atom is 0.270 e. The highest BCUT2D eigenvalue weighted by molar-refractivity contribution is 7.97. The van der Waals surface area contributed by atoms with Crippen LogP contribution in [0.3, 0.4) is 0 Å². The van der Waals surface area contributed by atoms with E-state index in [0.29, 0.717) is 40.4 Å². The summed E-state index contributed by atoms with van der Waals surface area (Å²) in [5.41, 5.74) is 2.63. The van der Waals surface area contributed by atoms with Crippen molar-refractivity contribution < 1.29 is 17.9 Å².